The summed E-state index contributed by atoms with van der Waals surface area (Å²) in [4.78, 5) is 0.330. The van der Waals surface area contributed by atoms with E-state index >= 15 is 0 Å². The average molecular weight is 284 g/mol. The molecule has 2 rings (SSSR count). The average Bonchev–Trinajstić information content (AvgIpc) is 2.68. The van der Waals surface area contributed by atoms with Crippen molar-refractivity contribution < 1.29 is 13.2 Å². The first-order valence-corrected chi connectivity index (χ1v) is 7.96. The summed E-state index contributed by atoms with van der Waals surface area (Å²) in [5, 5.41) is 0. The Morgan fingerprint density at radius 2 is 2.11 bits per heavy atom. The number of benzene rings is 1. The lowest BCUT2D eigenvalue weighted by molar-refractivity contribution is 0.148. The second-order valence-electron chi connectivity index (χ2n) is 4.59. The van der Waals surface area contributed by atoms with E-state index in [9.17, 15) is 8.42 Å². The minimum Gasteiger partial charge on any atom is -0.399 e. The Morgan fingerprint density at radius 3 is 2.84 bits per heavy atom. The Labute approximate surface area is 114 Å². The van der Waals surface area contributed by atoms with Crippen molar-refractivity contribution in [3.8, 4) is 0 Å². The van der Waals surface area contributed by atoms with Gasteiger partial charge in [0.2, 0.25) is 10.0 Å². The zero-order chi connectivity index (χ0) is 13.9. The molecule has 0 amide bonds. The van der Waals surface area contributed by atoms with Crippen LogP contribution in [0.1, 0.15) is 18.9 Å². The van der Waals surface area contributed by atoms with Gasteiger partial charge in [0.15, 0.2) is 0 Å². The van der Waals surface area contributed by atoms with Crippen LogP contribution in [0.2, 0.25) is 0 Å². The van der Waals surface area contributed by atoms with Crippen molar-refractivity contribution in [2.75, 3.05) is 32.0 Å². The summed E-state index contributed by atoms with van der Waals surface area (Å²) in [6.07, 6.45) is 1.39. The van der Waals surface area contributed by atoms with Gasteiger partial charge >= 0.3 is 0 Å². The topological polar surface area (TPSA) is 72.6 Å². The van der Waals surface area contributed by atoms with E-state index < -0.39 is 10.0 Å². The lowest BCUT2D eigenvalue weighted by Crippen LogP contribution is -2.33. The Hall–Kier alpha value is -1.11. The molecule has 2 N–H and O–H groups in total. The molecule has 0 radical (unpaired) electrons. The van der Waals surface area contributed by atoms with Gasteiger partial charge < -0.3 is 10.5 Å². The molecule has 19 heavy (non-hydrogen) atoms. The van der Waals surface area contributed by atoms with Crippen LogP contribution in [0, 0.1) is 0 Å². The highest BCUT2D eigenvalue weighted by atomic mass is 32.2. The van der Waals surface area contributed by atoms with Crippen LogP contribution < -0.4 is 5.73 Å². The molecule has 1 saturated heterocycles. The maximum absolute atomic E-state index is 12.7. The molecule has 0 aliphatic carbocycles. The minimum absolute atomic E-state index is 0.330. The molecule has 1 aromatic carbocycles. The fourth-order valence-electron chi connectivity index (χ4n) is 2.21. The van der Waals surface area contributed by atoms with Crippen molar-refractivity contribution >= 4 is 15.7 Å². The van der Waals surface area contributed by atoms with Gasteiger partial charge in [-0.15, -0.1) is 0 Å². The number of nitrogen functional groups attached to an aromatic ring is 1. The number of nitrogens with two attached hydrogens (primary N) is 1. The van der Waals surface area contributed by atoms with E-state index in [1.165, 1.54) is 4.31 Å². The standard InChI is InChI=1S/C13H20N2O3S/c1-2-11-4-5-12(14)10-13(11)19(16,17)15-6-3-8-18-9-7-15/h4-5,10H,2-3,6-9,14H2,1H3. The van der Waals surface area contributed by atoms with Gasteiger partial charge in [-0.1, -0.05) is 13.0 Å². The fraction of sp³-hybridized carbons (Fsp3) is 0.538. The van der Waals surface area contributed by atoms with E-state index in [0.29, 0.717) is 43.3 Å². The molecule has 1 aromatic rings. The van der Waals surface area contributed by atoms with Gasteiger partial charge in [-0.2, -0.15) is 4.31 Å². The second-order valence-corrected chi connectivity index (χ2v) is 6.50. The van der Waals surface area contributed by atoms with Crippen LogP contribution in [0.25, 0.3) is 0 Å². The number of rotatable bonds is 3. The largest absolute Gasteiger partial charge is 0.399 e. The molecule has 0 bridgehead atoms. The van der Waals surface area contributed by atoms with Crippen LogP contribution in [0.5, 0.6) is 0 Å². The predicted molar refractivity (Wildman–Crippen MR) is 74.4 cm³/mol. The van der Waals surface area contributed by atoms with Crippen molar-refractivity contribution in [2.45, 2.75) is 24.7 Å². The molecule has 106 valence electrons. The smallest absolute Gasteiger partial charge is 0.243 e. The first-order chi connectivity index (χ1) is 9.05. The zero-order valence-electron chi connectivity index (χ0n) is 11.1. The summed E-state index contributed by atoms with van der Waals surface area (Å²) in [5.41, 5.74) is 7.01. The normalized spacial score (nSPS) is 18.2. The highest BCUT2D eigenvalue weighted by Gasteiger charge is 2.27. The molecule has 6 heteroatoms. The van der Waals surface area contributed by atoms with Crippen molar-refractivity contribution in [3.05, 3.63) is 23.8 Å². The molecule has 5 nitrogen and oxygen atoms in total. The summed E-state index contributed by atoms with van der Waals surface area (Å²) in [7, 11) is -3.48. The molecule has 0 unspecified atom stereocenters. The van der Waals surface area contributed by atoms with Gasteiger partial charge in [-0.25, -0.2) is 8.42 Å². The van der Waals surface area contributed by atoms with Gasteiger partial charge in [0.25, 0.3) is 0 Å². The third kappa shape index (κ3) is 3.08. The number of hydrogen-bond donors (Lipinski definition) is 1. The van der Waals surface area contributed by atoms with E-state index in [-0.39, 0.29) is 0 Å². The Morgan fingerprint density at radius 1 is 1.32 bits per heavy atom. The van der Waals surface area contributed by atoms with Crippen LogP contribution >= 0.6 is 0 Å². The predicted octanol–water partition coefficient (Wildman–Crippen LogP) is 1.24. The molecule has 0 saturated carbocycles. The summed E-state index contributed by atoms with van der Waals surface area (Å²) in [5.74, 6) is 0. The SMILES string of the molecule is CCc1ccc(N)cc1S(=O)(=O)N1CCCOCC1. The molecule has 1 aliphatic heterocycles. The van der Waals surface area contributed by atoms with E-state index in [2.05, 4.69) is 0 Å². The number of sulfonamides is 1. The molecule has 0 atom stereocenters. The lowest BCUT2D eigenvalue weighted by Gasteiger charge is -2.21. The van der Waals surface area contributed by atoms with Crippen molar-refractivity contribution in [2.24, 2.45) is 0 Å². The van der Waals surface area contributed by atoms with Gasteiger partial charge in [0.05, 0.1) is 11.5 Å². The number of anilines is 1. The Bertz CT molecular complexity index is 535. The van der Waals surface area contributed by atoms with Gasteiger partial charge in [-0.3, -0.25) is 0 Å². The summed E-state index contributed by atoms with van der Waals surface area (Å²) in [6, 6.07) is 5.08. The van der Waals surface area contributed by atoms with E-state index in [4.69, 9.17) is 10.5 Å². The van der Waals surface area contributed by atoms with Gasteiger partial charge in [0, 0.05) is 25.4 Å². The number of hydrogen-bond acceptors (Lipinski definition) is 4. The monoisotopic (exact) mass is 284 g/mol. The van der Waals surface area contributed by atoms with Crippen LogP contribution in [0.4, 0.5) is 5.69 Å². The van der Waals surface area contributed by atoms with Gasteiger partial charge in [-0.05, 0) is 30.5 Å². The third-order valence-corrected chi connectivity index (χ3v) is 5.25. The second kappa shape index (κ2) is 5.90. The molecule has 1 heterocycles. The summed E-state index contributed by atoms with van der Waals surface area (Å²) >= 11 is 0. The van der Waals surface area contributed by atoms with Crippen LogP contribution in [-0.4, -0.2) is 39.0 Å². The molecule has 1 aliphatic rings. The van der Waals surface area contributed by atoms with Crippen molar-refractivity contribution in [1.29, 1.82) is 0 Å². The van der Waals surface area contributed by atoms with Crippen molar-refractivity contribution in [1.82, 2.24) is 4.31 Å². The van der Waals surface area contributed by atoms with Crippen LogP contribution in [0.15, 0.2) is 23.1 Å². The third-order valence-electron chi connectivity index (χ3n) is 3.27. The molecular formula is C13H20N2O3S. The maximum Gasteiger partial charge on any atom is 0.243 e. The number of ether oxygens (including phenoxy) is 1. The molecular weight excluding hydrogens is 264 g/mol. The van der Waals surface area contributed by atoms with E-state index in [1.807, 2.05) is 6.92 Å². The minimum atomic E-state index is -3.48. The van der Waals surface area contributed by atoms with E-state index in [1.54, 1.807) is 18.2 Å². The summed E-state index contributed by atoms with van der Waals surface area (Å²) < 4.78 is 32.2. The Kier molecular flexibility index (Phi) is 4.44. The van der Waals surface area contributed by atoms with E-state index in [0.717, 1.165) is 12.0 Å². The summed E-state index contributed by atoms with van der Waals surface area (Å²) in [6.45, 7) is 3.91. The number of nitrogens with zero attached hydrogens (tertiary/aromatic N) is 1. The molecule has 0 spiro atoms. The highest BCUT2D eigenvalue weighted by molar-refractivity contribution is 7.89. The fourth-order valence-corrected chi connectivity index (χ4v) is 4.00. The first kappa shape index (κ1) is 14.3. The van der Waals surface area contributed by atoms with Crippen LogP contribution in [0.3, 0.4) is 0 Å². The van der Waals surface area contributed by atoms with Gasteiger partial charge in [0.1, 0.15) is 0 Å². The lowest BCUT2D eigenvalue weighted by atomic mass is 10.1. The first-order valence-electron chi connectivity index (χ1n) is 6.52. The maximum atomic E-state index is 12.7. The van der Waals surface area contributed by atoms with Crippen molar-refractivity contribution in [3.63, 3.8) is 0 Å². The zero-order valence-corrected chi connectivity index (χ0v) is 11.9. The van der Waals surface area contributed by atoms with Crippen LogP contribution in [-0.2, 0) is 21.2 Å². The molecule has 0 aromatic heterocycles. The molecule has 1 fully saturated rings. The quantitative estimate of drug-likeness (QED) is 0.848. The highest BCUT2D eigenvalue weighted by Crippen LogP contribution is 2.24. The number of aryl methyl sites for hydroxylation is 1. The Balaban J connectivity index is 2.40.